The molecule has 8 heteroatoms. The van der Waals surface area contributed by atoms with Crippen LogP contribution in [0.4, 0.5) is 0 Å². The molecule has 2 unspecified atom stereocenters. The van der Waals surface area contributed by atoms with Gasteiger partial charge in [0.15, 0.2) is 0 Å². The largest absolute Gasteiger partial charge is 0.372 e. The predicted molar refractivity (Wildman–Crippen MR) is 84.9 cm³/mol. The van der Waals surface area contributed by atoms with Crippen LogP contribution < -0.4 is 0 Å². The molecule has 3 rings (SSSR count). The molecular weight excluding hydrogens is 318 g/mol. The highest BCUT2D eigenvalue weighted by Crippen LogP contribution is 2.17. The number of benzene rings is 1. The van der Waals surface area contributed by atoms with E-state index in [2.05, 4.69) is 15.4 Å². The van der Waals surface area contributed by atoms with E-state index in [1.54, 1.807) is 17.0 Å². The van der Waals surface area contributed by atoms with Crippen molar-refractivity contribution in [2.45, 2.75) is 32.6 Å². The fraction of sp³-hybridized carbons (Fsp3) is 0.467. The second kappa shape index (κ2) is 6.64. The molecule has 2 atom stereocenters. The van der Waals surface area contributed by atoms with E-state index in [-0.39, 0.29) is 24.7 Å². The Morgan fingerprint density at radius 3 is 2.57 bits per heavy atom. The van der Waals surface area contributed by atoms with Crippen LogP contribution in [0.1, 0.15) is 13.8 Å². The Morgan fingerprint density at radius 2 is 1.91 bits per heavy atom. The third-order valence-electron chi connectivity index (χ3n) is 3.60. The van der Waals surface area contributed by atoms with Crippen molar-refractivity contribution in [3.8, 4) is 11.4 Å². The molecule has 1 aliphatic heterocycles. The maximum absolute atomic E-state index is 12.4. The van der Waals surface area contributed by atoms with Gasteiger partial charge in [-0.05, 0) is 43.3 Å². The van der Waals surface area contributed by atoms with Gasteiger partial charge in [-0.2, -0.15) is 4.80 Å². The van der Waals surface area contributed by atoms with Crippen LogP contribution in [0.3, 0.4) is 0 Å². The Morgan fingerprint density at radius 1 is 1.26 bits per heavy atom. The van der Waals surface area contributed by atoms with Gasteiger partial charge in [0.25, 0.3) is 0 Å². The monoisotopic (exact) mass is 335 g/mol. The Balaban J connectivity index is 1.66. The molecule has 0 N–H and O–H groups in total. The summed E-state index contributed by atoms with van der Waals surface area (Å²) in [5.74, 6) is 0.435. The van der Waals surface area contributed by atoms with E-state index < -0.39 is 0 Å². The highest BCUT2D eigenvalue weighted by Gasteiger charge is 2.26. The molecule has 0 bridgehead atoms. The average molecular weight is 336 g/mol. The van der Waals surface area contributed by atoms with Crippen molar-refractivity contribution in [1.29, 1.82) is 0 Å². The van der Waals surface area contributed by atoms with E-state index in [9.17, 15) is 4.79 Å². The Kier molecular flexibility index (Phi) is 4.58. The summed E-state index contributed by atoms with van der Waals surface area (Å²) in [4.78, 5) is 15.5. The summed E-state index contributed by atoms with van der Waals surface area (Å²) < 4.78 is 5.63. The molecule has 7 nitrogen and oxygen atoms in total. The van der Waals surface area contributed by atoms with Crippen LogP contribution in [0, 0.1) is 0 Å². The molecule has 2 heterocycles. The fourth-order valence-electron chi connectivity index (χ4n) is 2.63. The van der Waals surface area contributed by atoms with Crippen LogP contribution in [0.25, 0.3) is 11.4 Å². The van der Waals surface area contributed by atoms with Crippen molar-refractivity contribution in [2.75, 3.05) is 13.1 Å². The number of hydrogen-bond acceptors (Lipinski definition) is 5. The minimum absolute atomic E-state index is 0.0351. The van der Waals surface area contributed by atoms with E-state index in [4.69, 9.17) is 16.3 Å². The maximum Gasteiger partial charge on any atom is 0.246 e. The van der Waals surface area contributed by atoms with E-state index in [0.29, 0.717) is 23.9 Å². The number of halogens is 1. The molecule has 1 aromatic carbocycles. The lowest BCUT2D eigenvalue weighted by atomic mass is 10.2. The second-order valence-electron chi connectivity index (χ2n) is 5.71. The predicted octanol–water partition coefficient (Wildman–Crippen LogP) is 1.63. The van der Waals surface area contributed by atoms with Crippen LogP contribution in [-0.4, -0.2) is 56.3 Å². The number of nitrogens with zero attached hydrogens (tertiary/aromatic N) is 5. The third kappa shape index (κ3) is 3.86. The van der Waals surface area contributed by atoms with Crippen molar-refractivity contribution in [2.24, 2.45) is 0 Å². The summed E-state index contributed by atoms with van der Waals surface area (Å²) in [5.41, 5.74) is 0.807. The Hall–Kier alpha value is -1.99. The summed E-state index contributed by atoms with van der Waals surface area (Å²) in [6.45, 7) is 5.16. The number of rotatable bonds is 3. The normalized spacial score (nSPS) is 21.4. The molecule has 1 fully saturated rings. The number of amides is 1. The van der Waals surface area contributed by atoms with Crippen LogP contribution in [0.15, 0.2) is 24.3 Å². The van der Waals surface area contributed by atoms with Gasteiger partial charge in [0, 0.05) is 23.7 Å². The molecule has 0 saturated carbocycles. The molecule has 0 aliphatic carbocycles. The van der Waals surface area contributed by atoms with Gasteiger partial charge in [-0.15, -0.1) is 10.2 Å². The summed E-state index contributed by atoms with van der Waals surface area (Å²) in [5, 5.41) is 12.8. The van der Waals surface area contributed by atoms with Crippen molar-refractivity contribution in [3.05, 3.63) is 29.3 Å². The summed E-state index contributed by atoms with van der Waals surface area (Å²) in [7, 11) is 0. The number of carbonyl (C=O) groups excluding carboxylic acids is 1. The minimum atomic E-state index is -0.0351. The van der Waals surface area contributed by atoms with Gasteiger partial charge in [-0.3, -0.25) is 4.79 Å². The highest BCUT2D eigenvalue weighted by atomic mass is 35.5. The average Bonchev–Trinajstić information content (AvgIpc) is 2.95. The first-order chi connectivity index (χ1) is 11.0. The minimum Gasteiger partial charge on any atom is -0.372 e. The van der Waals surface area contributed by atoms with E-state index in [1.807, 2.05) is 26.0 Å². The van der Waals surface area contributed by atoms with Crippen LogP contribution >= 0.6 is 11.6 Å². The van der Waals surface area contributed by atoms with Crippen LogP contribution in [0.2, 0.25) is 5.02 Å². The van der Waals surface area contributed by atoms with Gasteiger partial charge in [0.2, 0.25) is 11.7 Å². The molecule has 122 valence electrons. The zero-order chi connectivity index (χ0) is 16.4. The van der Waals surface area contributed by atoms with Crippen LogP contribution in [-0.2, 0) is 16.1 Å². The number of tetrazole rings is 1. The Labute approximate surface area is 139 Å². The van der Waals surface area contributed by atoms with Crippen molar-refractivity contribution < 1.29 is 9.53 Å². The molecule has 1 aromatic heterocycles. The van der Waals surface area contributed by atoms with E-state index >= 15 is 0 Å². The molecule has 23 heavy (non-hydrogen) atoms. The zero-order valence-electron chi connectivity index (χ0n) is 13.0. The lowest BCUT2D eigenvalue weighted by Crippen LogP contribution is -2.49. The highest BCUT2D eigenvalue weighted by molar-refractivity contribution is 6.30. The SMILES string of the molecule is CC1CN(C(=O)Cn2nnc(-c3ccc(Cl)cc3)n2)CC(C)O1. The number of morpholine rings is 1. The van der Waals surface area contributed by atoms with E-state index in [1.165, 1.54) is 4.80 Å². The number of ether oxygens (including phenoxy) is 1. The molecule has 2 aromatic rings. The van der Waals surface area contributed by atoms with Gasteiger partial charge in [0.1, 0.15) is 6.54 Å². The lowest BCUT2D eigenvalue weighted by molar-refractivity contribution is -0.144. The van der Waals surface area contributed by atoms with Gasteiger partial charge in [0.05, 0.1) is 12.2 Å². The van der Waals surface area contributed by atoms with Crippen molar-refractivity contribution in [3.63, 3.8) is 0 Å². The lowest BCUT2D eigenvalue weighted by Gasteiger charge is -2.35. The smallest absolute Gasteiger partial charge is 0.246 e. The standard InChI is InChI=1S/C15H18ClN5O2/c1-10-7-20(8-11(2)23-10)14(22)9-21-18-15(17-19-21)12-3-5-13(16)6-4-12/h3-6,10-11H,7-9H2,1-2H3. The first kappa shape index (κ1) is 15.9. The summed E-state index contributed by atoms with van der Waals surface area (Å²) >= 11 is 5.86. The van der Waals surface area contributed by atoms with Crippen molar-refractivity contribution in [1.82, 2.24) is 25.1 Å². The Bertz CT molecular complexity index is 677. The molecule has 0 spiro atoms. The number of carbonyl (C=O) groups is 1. The third-order valence-corrected chi connectivity index (χ3v) is 3.86. The van der Waals surface area contributed by atoms with Gasteiger partial charge in [-0.1, -0.05) is 11.6 Å². The topological polar surface area (TPSA) is 73.1 Å². The summed E-state index contributed by atoms with van der Waals surface area (Å²) in [6, 6.07) is 7.16. The number of aromatic nitrogens is 4. The van der Waals surface area contributed by atoms with Gasteiger partial charge < -0.3 is 9.64 Å². The van der Waals surface area contributed by atoms with Gasteiger partial charge in [-0.25, -0.2) is 0 Å². The van der Waals surface area contributed by atoms with Crippen molar-refractivity contribution >= 4 is 17.5 Å². The second-order valence-corrected chi connectivity index (χ2v) is 6.14. The fourth-order valence-corrected chi connectivity index (χ4v) is 2.75. The molecule has 1 amide bonds. The molecule has 0 radical (unpaired) electrons. The molecule has 1 saturated heterocycles. The maximum atomic E-state index is 12.4. The quantitative estimate of drug-likeness (QED) is 0.852. The zero-order valence-corrected chi connectivity index (χ0v) is 13.8. The number of hydrogen-bond donors (Lipinski definition) is 0. The first-order valence-corrected chi connectivity index (χ1v) is 7.86. The summed E-state index contributed by atoms with van der Waals surface area (Å²) in [6.07, 6.45) is 0.0760. The molecular formula is C15H18ClN5O2. The van der Waals surface area contributed by atoms with Gasteiger partial charge >= 0.3 is 0 Å². The molecule has 1 aliphatic rings. The van der Waals surface area contributed by atoms with E-state index in [0.717, 1.165) is 5.56 Å². The first-order valence-electron chi connectivity index (χ1n) is 7.48. The van der Waals surface area contributed by atoms with Crippen LogP contribution in [0.5, 0.6) is 0 Å².